The predicted molar refractivity (Wildman–Crippen MR) is 92.1 cm³/mol. The van der Waals surface area contributed by atoms with Crippen molar-refractivity contribution in [2.45, 2.75) is 12.8 Å². The van der Waals surface area contributed by atoms with Gasteiger partial charge in [0.25, 0.3) is 5.91 Å². The van der Waals surface area contributed by atoms with E-state index < -0.39 is 0 Å². The van der Waals surface area contributed by atoms with E-state index in [0.29, 0.717) is 11.6 Å². The number of amides is 1. The van der Waals surface area contributed by atoms with Crippen molar-refractivity contribution >= 4 is 29.4 Å². The Bertz CT molecular complexity index is 730. The van der Waals surface area contributed by atoms with Crippen molar-refractivity contribution in [3.63, 3.8) is 0 Å². The van der Waals surface area contributed by atoms with E-state index in [2.05, 4.69) is 11.2 Å². The van der Waals surface area contributed by atoms with Gasteiger partial charge in [-0.3, -0.25) is 4.79 Å². The minimum absolute atomic E-state index is 0.0880. The Morgan fingerprint density at radius 2 is 2.00 bits per heavy atom. The van der Waals surface area contributed by atoms with Crippen molar-refractivity contribution in [3.8, 4) is 0 Å². The molecule has 1 heterocycles. The number of hydrogen-bond acceptors (Lipinski definition) is 3. The minimum atomic E-state index is -0.0894. The summed E-state index contributed by atoms with van der Waals surface area (Å²) in [6.07, 6.45) is 3.48. The predicted octanol–water partition coefficient (Wildman–Crippen LogP) is 3.67. The fraction of sp³-hybridized carbons (Fsp3) is 0.222. The monoisotopic (exact) mass is 328 g/mol. The Balaban J connectivity index is 1.59. The molecular weight excluding hydrogens is 312 g/mol. The molecule has 0 spiro atoms. The van der Waals surface area contributed by atoms with Crippen LogP contribution in [-0.4, -0.2) is 25.3 Å². The molecule has 0 saturated carbocycles. The molecule has 118 valence electrons. The SMILES string of the molecule is O=C(CON=Cc1ccccc1Cl)N1CCCc2ccccc21. The molecule has 2 aromatic carbocycles. The molecule has 0 N–H and O–H groups in total. The molecule has 0 aliphatic carbocycles. The summed E-state index contributed by atoms with van der Waals surface area (Å²) in [6.45, 7) is 0.628. The summed E-state index contributed by atoms with van der Waals surface area (Å²) in [6, 6.07) is 15.3. The summed E-state index contributed by atoms with van der Waals surface area (Å²) in [7, 11) is 0. The molecule has 3 rings (SSSR count). The van der Waals surface area contributed by atoms with Gasteiger partial charge in [-0.1, -0.05) is 53.2 Å². The number of nitrogens with zero attached hydrogens (tertiary/aromatic N) is 2. The standard InChI is InChI=1S/C18H17ClN2O2/c19-16-9-3-1-7-15(16)12-20-23-13-18(22)21-11-5-8-14-6-2-4-10-17(14)21/h1-4,6-7,9-10,12H,5,8,11,13H2. The van der Waals surface area contributed by atoms with Gasteiger partial charge < -0.3 is 9.74 Å². The molecule has 0 unspecified atom stereocenters. The van der Waals surface area contributed by atoms with Crippen LogP contribution >= 0.6 is 11.6 Å². The first kappa shape index (κ1) is 15.6. The van der Waals surface area contributed by atoms with E-state index in [9.17, 15) is 4.79 Å². The second kappa shape index (κ2) is 7.29. The summed E-state index contributed by atoms with van der Waals surface area (Å²) in [5.41, 5.74) is 2.93. The van der Waals surface area contributed by atoms with Gasteiger partial charge in [0.15, 0.2) is 6.61 Å². The topological polar surface area (TPSA) is 41.9 Å². The fourth-order valence-corrected chi connectivity index (χ4v) is 2.82. The van der Waals surface area contributed by atoms with Crippen LogP contribution in [0.2, 0.25) is 5.02 Å². The van der Waals surface area contributed by atoms with Crippen LogP contribution in [0.1, 0.15) is 17.5 Å². The van der Waals surface area contributed by atoms with Gasteiger partial charge in [0.05, 0.1) is 6.21 Å². The lowest BCUT2D eigenvalue weighted by atomic mass is 10.0. The molecule has 0 fully saturated rings. The van der Waals surface area contributed by atoms with E-state index in [1.807, 2.05) is 36.4 Å². The number of halogens is 1. The molecular formula is C18H17ClN2O2. The van der Waals surface area contributed by atoms with E-state index in [1.54, 1.807) is 11.0 Å². The van der Waals surface area contributed by atoms with Crippen molar-refractivity contribution in [3.05, 3.63) is 64.7 Å². The highest BCUT2D eigenvalue weighted by molar-refractivity contribution is 6.33. The Kier molecular flexibility index (Phi) is 4.93. The third kappa shape index (κ3) is 3.71. The number of hydrogen-bond donors (Lipinski definition) is 0. The maximum Gasteiger partial charge on any atom is 0.267 e. The fourth-order valence-electron chi connectivity index (χ4n) is 2.64. The number of carbonyl (C=O) groups is 1. The second-order valence-corrected chi connectivity index (χ2v) is 5.71. The van der Waals surface area contributed by atoms with E-state index in [1.165, 1.54) is 11.8 Å². The van der Waals surface area contributed by atoms with E-state index in [-0.39, 0.29) is 12.5 Å². The highest BCUT2D eigenvalue weighted by atomic mass is 35.5. The summed E-state index contributed by atoms with van der Waals surface area (Å²) in [4.78, 5) is 19.3. The number of anilines is 1. The normalized spacial score (nSPS) is 13.9. The van der Waals surface area contributed by atoms with Crippen molar-refractivity contribution in [1.29, 1.82) is 0 Å². The molecule has 0 atom stereocenters. The van der Waals surface area contributed by atoms with Gasteiger partial charge >= 0.3 is 0 Å². The number of fused-ring (bicyclic) bond motifs is 1. The van der Waals surface area contributed by atoms with Gasteiger partial charge in [-0.05, 0) is 30.5 Å². The highest BCUT2D eigenvalue weighted by Crippen LogP contribution is 2.26. The average Bonchev–Trinajstić information content (AvgIpc) is 2.59. The lowest BCUT2D eigenvalue weighted by Crippen LogP contribution is -2.37. The summed E-state index contributed by atoms with van der Waals surface area (Å²) >= 11 is 6.02. The van der Waals surface area contributed by atoms with Crippen LogP contribution in [0.15, 0.2) is 53.7 Å². The molecule has 23 heavy (non-hydrogen) atoms. The van der Waals surface area contributed by atoms with Gasteiger partial charge in [0, 0.05) is 22.8 Å². The van der Waals surface area contributed by atoms with Crippen molar-refractivity contribution in [2.24, 2.45) is 5.16 Å². The van der Waals surface area contributed by atoms with Crippen molar-refractivity contribution in [1.82, 2.24) is 0 Å². The molecule has 0 radical (unpaired) electrons. The maximum absolute atomic E-state index is 12.3. The van der Waals surface area contributed by atoms with Crippen molar-refractivity contribution < 1.29 is 9.63 Å². The summed E-state index contributed by atoms with van der Waals surface area (Å²) < 4.78 is 0. The lowest BCUT2D eigenvalue weighted by Gasteiger charge is -2.28. The first-order valence-corrected chi connectivity index (χ1v) is 7.91. The number of para-hydroxylation sites is 1. The Morgan fingerprint density at radius 3 is 2.87 bits per heavy atom. The van der Waals surface area contributed by atoms with Crippen LogP contribution < -0.4 is 4.90 Å². The van der Waals surface area contributed by atoms with Crippen LogP contribution in [-0.2, 0) is 16.1 Å². The Morgan fingerprint density at radius 1 is 1.22 bits per heavy atom. The van der Waals surface area contributed by atoms with Crippen LogP contribution in [0.25, 0.3) is 0 Å². The zero-order valence-corrected chi connectivity index (χ0v) is 13.4. The molecule has 5 heteroatoms. The maximum atomic E-state index is 12.3. The molecule has 1 aliphatic heterocycles. The summed E-state index contributed by atoms with van der Waals surface area (Å²) in [5.74, 6) is -0.0894. The number of benzene rings is 2. The van der Waals surface area contributed by atoms with Gasteiger partial charge in [0.2, 0.25) is 0 Å². The zero-order valence-electron chi connectivity index (χ0n) is 12.6. The van der Waals surface area contributed by atoms with Gasteiger partial charge in [-0.25, -0.2) is 0 Å². The van der Waals surface area contributed by atoms with Gasteiger partial charge in [0.1, 0.15) is 0 Å². The molecule has 4 nitrogen and oxygen atoms in total. The highest BCUT2D eigenvalue weighted by Gasteiger charge is 2.22. The third-order valence-corrected chi connectivity index (χ3v) is 4.12. The number of carbonyl (C=O) groups excluding carboxylic acids is 1. The van der Waals surface area contributed by atoms with Gasteiger partial charge in [-0.15, -0.1) is 0 Å². The van der Waals surface area contributed by atoms with Crippen LogP contribution in [0, 0.1) is 0 Å². The molecule has 0 aromatic heterocycles. The average molecular weight is 329 g/mol. The smallest absolute Gasteiger partial charge is 0.267 e. The summed E-state index contributed by atoms with van der Waals surface area (Å²) in [5, 5.41) is 4.43. The quantitative estimate of drug-likeness (QED) is 0.634. The third-order valence-electron chi connectivity index (χ3n) is 3.77. The molecule has 2 aromatic rings. The first-order valence-electron chi connectivity index (χ1n) is 7.54. The van der Waals surface area contributed by atoms with Gasteiger partial charge in [-0.2, -0.15) is 0 Å². The lowest BCUT2D eigenvalue weighted by molar-refractivity contribution is -0.123. The Hall–Kier alpha value is -2.33. The number of aryl methyl sites for hydroxylation is 1. The van der Waals surface area contributed by atoms with Crippen LogP contribution in [0.4, 0.5) is 5.69 Å². The Labute approximate surface area is 140 Å². The van der Waals surface area contributed by atoms with Crippen molar-refractivity contribution in [2.75, 3.05) is 18.1 Å². The first-order chi connectivity index (χ1) is 11.3. The van der Waals surface area contributed by atoms with E-state index >= 15 is 0 Å². The zero-order chi connectivity index (χ0) is 16.1. The minimum Gasteiger partial charge on any atom is -0.386 e. The van der Waals surface area contributed by atoms with E-state index in [0.717, 1.165) is 24.1 Å². The number of rotatable bonds is 4. The van der Waals surface area contributed by atoms with Crippen LogP contribution in [0.3, 0.4) is 0 Å². The molecule has 1 aliphatic rings. The second-order valence-electron chi connectivity index (χ2n) is 5.31. The van der Waals surface area contributed by atoms with E-state index in [4.69, 9.17) is 16.4 Å². The molecule has 0 saturated heterocycles. The number of oxime groups is 1. The molecule has 0 bridgehead atoms. The van der Waals surface area contributed by atoms with Crippen LogP contribution in [0.5, 0.6) is 0 Å². The molecule has 1 amide bonds. The largest absolute Gasteiger partial charge is 0.386 e.